The predicted molar refractivity (Wildman–Crippen MR) is 86.8 cm³/mol. The van der Waals surface area contributed by atoms with E-state index >= 15 is 0 Å². The third-order valence-corrected chi connectivity index (χ3v) is 3.52. The smallest absolute Gasteiger partial charge is 0.296 e. The van der Waals surface area contributed by atoms with Crippen molar-refractivity contribution in [1.29, 1.82) is 0 Å². The van der Waals surface area contributed by atoms with Crippen LogP contribution in [0.2, 0.25) is 5.02 Å². The first-order valence-corrected chi connectivity index (χ1v) is 7.46. The Bertz CT molecular complexity index is 635. The molecular weight excluding hydrogens is 302 g/mol. The number of nitrogens with zero attached hydrogens (tertiary/aromatic N) is 3. The molecule has 0 saturated carbocycles. The summed E-state index contributed by atoms with van der Waals surface area (Å²) in [6.45, 7) is 1.51. The SMILES string of the molecule is CN(C)CCCOc1ncc(C(=O)c2ccc(Cl)cc2)n1C. The molecule has 0 saturated heterocycles. The molecule has 0 N–H and O–H groups in total. The molecule has 5 nitrogen and oxygen atoms in total. The summed E-state index contributed by atoms with van der Waals surface area (Å²) in [5.41, 5.74) is 1.07. The van der Waals surface area contributed by atoms with E-state index < -0.39 is 0 Å². The van der Waals surface area contributed by atoms with Gasteiger partial charge in [-0.3, -0.25) is 9.36 Å². The molecule has 1 aromatic carbocycles. The number of benzene rings is 1. The van der Waals surface area contributed by atoms with Gasteiger partial charge in [0.25, 0.3) is 6.01 Å². The van der Waals surface area contributed by atoms with Crippen molar-refractivity contribution in [1.82, 2.24) is 14.5 Å². The molecule has 2 rings (SSSR count). The summed E-state index contributed by atoms with van der Waals surface area (Å²) in [5.74, 6) is -0.102. The maximum absolute atomic E-state index is 12.4. The van der Waals surface area contributed by atoms with Crippen LogP contribution in [-0.4, -0.2) is 47.5 Å². The first-order chi connectivity index (χ1) is 10.5. The van der Waals surface area contributed by atoms with Crippen LogP contribution in [-0.2, 0) is 7.05 Å². The molecule has 0 spiro atoms. The van der Waals surface area contributed by atoms with Gasteiger partial charge in [-0.25, -0.2) is 4.98 Å². The maximum Gasteiger partial charge on any atom is 0.296 e. The van der Waals surface area contributed by atoms with Crippen LogP contribution in [0.5, 0.6) is 6.01 Å². The molecule has 0 radical (unpaired) electrons. The highest BCUT2D eigenvalue weighted by Gasteiger charge is 2.16. The summed E-state index contributed by atoms with van der Waals surface area (Å²) in [5, 5.41) is 0.603. The van der Waals surface area contributed by atoms with Crippen LogP contribution in [0.1, 0.15) is 22.5 Å². The number of carbonyl (C=O) groups excluding carboxylic acids is 1. The molecule has 0 aliphatic heterocycles. The van der Waals surface area contributed by atoms with Crippen molar-refractivity contribution < 1.29 is 9.53 Å². The Labute approximate surface area is 135 Å². The molecular formula is C16H20ClN3O2. The quantitative estimate of drug-likeness (QED) is 0.581. The number of hydrogen-bond acceptors (Lipinski definition) is 4. The Hall–Kier alpha value is -1.85. The van der Waals surface area contributed by atoms with Gasteiger partial charge >= 0.3 is 0 Å². The molecule has 2 aromatic rings. The van der Waals surface area contributed by atoms with Crippen molar-refractivity contribution in [3.05, 3.63) is 46.7 Å². The van der Waals surface area contributed by atoms with Crippen LogP contribution in [0.25, 0.3) is 0 Å². The predicted octanol–water partition coefficient (Wildman–Crippen LogP) is 2.64. The highest BCUT2D eigenvalue weighted by molar-refractivity contribution is 6.30. The van der Waals surface area contributed by atoms with E-state index in [1.54, 1.807) is 35.9 Å². The molecule has 0 unspecified atom stereocenters. The van der Waals surface area contributed by atoms with Gasteiger partial charge in [0.1, 0.15) is 5.69 Å². The van der Waals surface area contributed by atoms with Gasteiger partial charge in [-0.1, -0.05) is 11.6 Å². The van der Waals surface area contributed by atoms with E-state index in [1.807, 2.05) is 14.1 Å². The summed E-state index contributed by atoms with van der Waals surface area (Å²) in [7, 11) is 5.81. The number of hydrogen-bond donors (Lipinski definition) is 0. The molecule has 6 heteroatoms. The number of carbonyl (C=O) groups is 1. The minimum atomic E-state index is -0.102. The normalized spacial score (nSPS) is 11.0. The Morgan fingerprint density at radius 2 is 2.00 bits per heavy atom. The molecule has 1 aromatic heterocycles. The van der Waals surface area contributed by atoms with Crippen LogP contribution in [0, 0.1) is 0 Å². The standard InChI is InChI=1S/C16H20ClN3O2/c1-19(2)9-4-10-22-16-18-11-14(20(16)3)15(21)12-5-7-13(17)8-6-12/h5-8,11H,4,9-10H2,1-3H3. The monoisotopic (exact) mass is 321 g/mol. The molecule has 0 aliphatic rings. The number of ketones is 1. The maximum atomic E-state index is 12.4. The highest BCUT2D eigenvalue weighted by atomic mass is 35.5. The van der Waals surface area contributed by atoms with E-state index in [-0.39, 0.29) is 5.78 Å². The number of aromatic nitrogens is 2. The van der Waals surface area contributed by atoms with Crippen molar-refractivity contribution in [2.24, 2.45) is 7.05 Å². The topological polar surface area (TPSA) is 47.4 Å². The second-order valence-corrected chi connectivity index (χ2v) is 5.76. The Morgan fingerprint density at radius 1 is 1.32 bits per heavy atom. The van der Waals surface area contributed by atoms with Crippen molar-refractivity contribution in [2.45, 2.75) is 6.42 Å². The van der Waals surface area contributed by atoms with E-state index in [9.17, 15) is 4.79 Å². The number of imidazole rings is 1. The number of ether oxygens (including phenoxy) is 1. The summed E-state index contributed by atoms with van der Waals surface area (Å²) >= 11 is 5.84. The fraction of sp³-hybridized carbons (Fsp3) is 0.375. The lowest BCUT2D eigenvalue weighted by Crippen LogP contribution is -2.16. The summed E-state index contributed by atoms with van der Waals surface area (Å²) < 4.78 is 7.30. The van der Waals surface area contributed by atoms with E-state index in [0.717, 1.165) is 13.0 Å². The minimum absolute atomic E-state index is 0.102. The van der Waals surface area contributed by atoms with Crippen LogP contribution >= 0.6 is 11.6 Å². The summed E-state index contributed by atoms with van der Waals surface area (Å²) in [4.78, 5) is 18.7. The van der Waals surface area contributed by atoms with Crippen molar-refractivity contribution in [2.75, 3.05) is 27.2 Å². The van der Waals surface area contributed by atoms with Gasteiger partial charge < -0.3 is 9.64 Å². The third kappa shape index (κ3) is 4.08. The van der Waals surface area contributed by atoms with Gasteiger partial charge in [-0.2, -0.15) is 0 Å². The molecule has 0 aliphatic carbocycles. The zero-order valence-electron chi connectivity index (χ0n) is 13.0. The lowest BCUT2D eigenvalue weighted by molar-refractivity contribution is 0.103. The fourth-order valence-corrected chi connectivity index (χ4v) is 2.16. The van der Waals surface area contributed by atoms with Crippen LogP contribution in [0.15, 0.2) is 30.5 Å². The molecule has 1 heterocycles. The molecule has 22 heavy (non-hydrogen) atoms. The molecule has 118 valence electrons. The van der Waals surface area contributed by atoms with Crippen LogP contribution < -0.4 is 4.74 Å². The van der Waals surface area contributed by atoms with Crippen LogP contribution in [0.4, 0.5) is 0 Å². The molecule has 0 bridgehead atoms. The largest absolute Gasteiger partial charge is 0.465 e. The van der Waals surface area contributed by atoms with Crippen LogP contribution in [0.3, 0.4) is 0 Å². The molecule has 0 amide bonds. The average Bonchev–Trinajstić information content (AvgIpc) is 2.85. The van der Waals surface area contributed by atoms with Gasteiger partial charge in [-0.05, 0) is 44.8 Å². The average molecular weight is 322 g/mol. The van der Waals surface area contributed by atoms with Gasteiger partial charge in [0.05, 0.1) is 12.8 Å². The first-order valence-electron chi connectivity index (χ1n) is 7.08. The van der Waals surface area contributed by atoms with E-state index in [1.165, 1.54) is 6.20 Å². The minimum Gasteiger partial charge on any atom is -0.465 e. The highest BCUT2D eigenvalue weighted by Crippen LogP contribution is 2.17. The van der Waals surface area contributed by atoms with E-state index in [4.69, 9.17) is 16.3 Å². The van der Waals surface area contributed by atoms with Gasteiger partial charge in [0.2, 0.25) is 5.78 Å². The second kappa shape index (κ2) is 7.42. The number of rotatable bonds is 7. The lowest BCUT2D eigenvalue weighted by Gasteiger charge is -2.10. The Morgan fingerprint density at radius 3 is 2.64 bits per heavy atom. The lowest BCUT2D eigenvalue weighted by atomic mass is 10.1. The van der Waals surface area contributed by atoms with Gasteiger partial charge in [0.15, 0.2) is 0 Å². The Balaban J connectivity index is 2.03. The van der Waals surface area contributed by atoms with Gasteiger partial charge in [-0.15, -0.1) is 0 Å². The fourth-order valence-electron chi connectivity index (χ4n) is 2.03. The second-order valence-electron chi connectivity index (χ2n) is 5.33. The zero-order chi connectivity index (χ0) is 16.1. The number of halogens is 1. The van der Waals surface area contributed by atoms with Crippen molar-refractivity contribution in [3.8, 4) is 6.01 Å². The van der Waals surface area contributed by atoms with Crippen molar-refractivity contribution in [3.63, 3.8) is 0 Å². The third-order valence-electron chi connectivity index (χ3n) is 3.27. The van der Waals surface area contributed by atoms with E-state index in [2.05, 4.69) is 9.88 Å². The molecule has 0 atom stereocenters. The Kier molecular flexibility index (Phi) is 5.57. The molecule has 0 fully saturated rings. The van der Waals surface area contributed by atoms with Crippen molar-refractivity contribution >= 4 is 17.4 Å². The zero-order valence-corrected chi connectivity index (χ0v) is 13.8. The summed E-state index contributed by atoms with van der Waals surface area (Å²) in [6.07, 6.45) is 2.44. The first kappa shape index (κ1) is 16.5. The van der Waals surface area contributed by atoms with E-state index in [0.29, 0.717) is 28.9 Å². The van der Waals surface area contributed by atoms with Gasteiger partial charge in [0, 0.05) is 24.2 Å². The summed E-state index contributed by atoms with van der Waals surface area (Å²) in [6, 6.07) is 7.26.